The van der Waals surface area contributed by atoms with Crippen molar-refractivity contribution in [3.8, 4) is 0 Å². The van der Waals surface area contributed by atoms with Gasteiger partial charge in [-0.1, -0.05) is 20.8 Å². The molecule has 0 aromatic rings. The van der Waals surface area contributed by atoms with Crippen molar-refractivity contribution in [3.05, 3.63) is 0 Å². The van der Waals surface area contributed by atoms with Crippen LogP contribution in [0.25, 0.3) is 0 Å². The molecule has 2 rings (SSSR count). The molecule has 2 saturated carbocycles. The molecule has 130 valence electrons. The van der Waals surface area contributed by atoms with Gasteiger partial charge in [-0.25, -0.2) is 0 Å². The van der Waals surface area contributed by atoms with Crippen LogP contribution in [-0.2, 0) is 14.5 Å². The van der Waals surface area contributed by atoms with E-state index < -0.39 is 18.4 Å². The minimum atomic E-state index is -3.82. The van der Waals surface area contributed by atoms with Crippen LogP contribution >= 0.6 is 0 Å². The third-order valence-electron chi connectivity index (χ3n) is 6.20. The van der Waals surface area contributed by atoms with Gasteiger partial charge >= 0.3 is 0 Å². The van der Waals surface area contributed by atoms with E-state index in [-0.39, 0.29) is 16.7 Å². The minimum Gasteiger partial charge on any atom is -0.414 e. The molecule has 0 amide bonds. The summed E-state index contributed by atoms with van der Waals surface area (Å²) in [5, 5.41) is 0.253. The van der Waals surface area contributed by atoms with Gasteiger partial charge in [0.1, 0.15) is 0 Å². The van der Waals surface area contributed by atoms with Crippen LogP contribution in [0.4, 0.5) is 0 Å². The summed E-state index contributed by atoms with van der Waals surface area (Å²) in [6, 6.07) is 0. The lowest BCUT2D eigenvalue weighted by Crippen LogP contribution is -2.52. The van der Waals surface area contributed by atoms with Crippen molar-refractivity contribution < 1.29 is 17.4 Å². The quantitative estimate of drug-likeness (QED) is 0.610. The van der Waals surface area contributed by atoms with Crippen LogP contribution in [0.2, 0.25) is 18.1 Å². The standard InChI is InChI=1S/C16H32O4SSi/c1-15(2,3)22(4,5)20-14-10-16(11-14)8-6-13(7-9-16)12-21(17,18)19/h13-14H,6-12H2,1-5H3,(H,17,18,19). The Hall–Kier alpha value is 0.0869. The van der Waals surface area contributed by atoms with E-state index in [0.29, 0.717) is 11.5 Å². The Labute approximate surface area is 136 Å². The first-order chi connectivity index (χ1) is 9.82. The molecule has 0 aliphatic heterocycles. The highest BCUT2D eigenvalue weighted by Gasteiger charge is 2.50. The second kappa shape index (κ2) is 5.87. The average molecular weight is 349 g/mol. The molecule has 0 aromatic carbocycles. The SMILES string of the molecule is CC(C)(C)[Si](C)(C)OC1CC2(CCC(CS(=O)(=O)O)CC2)C1. The monoisotopic (exact) mass is 348 g/mol. The van der Waals surface area contributed by atoms with E-state index in [1.165, 1.54) is 0 Å². The zero-order valence-corrected chi connectivity index (χ0v) is 16.5. The molecule has 0 bridgehead atoms. The molecule has 2 fully saturated rings. The molecule has 6 heteroatoms. The number of rotatable bonds is 4. The van der Waals surface area contributed by atoms with E-state index in [0.717, 1.165) is 38.5 Å². The highest BCUT2D eigenvalue weighted by Crippen LogP contribution is 2.55. The van der Waals surface area contributed by atoms with Crippen LogP contribution in [0.1, 0.15) is 59.3 Å². The Morgan fingerprint density at radius 1 is 1.18 bits per heavy atom. The van der Waals surface area contributed by atoms with Gasteiger partial charge < -0.3 is 4.43 Å². The predicted molar refractivity (Wildman–Crippen MR) is 92.1 cm³/mol. The number of hydrogen-bond donors (Lipinski definition) is 1. The molecule has 2 aliphatic carbocycles. The maximum Gasteiger partial charge on any atom is 0.265 e. The minimum absolute atomic E-state index is 0.0625. The van der Waals surface area contributed by atoms with E-state index in [1.807, 2.05) is 0 Å². The summed E-state index contributed by atoms with van der Waals surface area (Å²) in [4.78, 5) is 0. The van der Waals surface area contributed by atoms with Gasteiger partial charge in [-0.2, -0.15) is 8.42 Å². The molecule has 0 heterocycles. The Bertz CT molecular complexity index is 491. The lowest BCUT2D eigenvalue weighted by atomic mass is 9.58. The second-order valence-electron chi connectivity index (χ2n) is 9.10. The predicted octanol–water partition coefficient (Wildman–Crippen LogP) is 4.24. The molecule has 0 atom stereocenters. The highest BCUT2D eigenvalue weighted by molar-refractivity contribution is 7.85. The molecular weight excluding hydrogens is 316 g/mol. The van der Waals surface area contributed by atoms with Crippen LogP contribution in [0, 0.1) is 11.3 Å². The Morgan fingerprint density at radius 3 is 2.09 bits per heavy atom. The van der Waals surface area contributed by atoms with Crippen molar-refractivity contribution in [2.24, 2.45) is 11.3 Å². The molecule has 1 N–H and O–H groups in total. The number of hydrogen-bond acceptors (Lipinski definition) is 3. The van der Waals surface area contributed by atoms with Crippen molar-refractivity contribution in [1.29, 1.82) is 0 Å². The van der Waals surface area contributed by atoms with Crippen molar-refractivity contribution >= 4 is 18.4 Å². The third-order valence-corrected chi connectivity index (χ3v) is 11.6. The van der Waals surface area contributed by atoms with E-state index in [1.54, 1.807) is 0 Å². The Kier molecular flexibility index (Phi) is 4.91. The van der Waals surface area contributed by atoms with Crippen LogP contribution in [0.15, 0.2) is 0 Å². The summed E-state index contributed by atoms with van der Waals surface area (Å²) < 4.78 is 37.4. The van der Waals surface area contributed by atoms with Gasteiger partial charge in [0.25, 0.3) is 10.1 Å². The van der Waals surface area contributed by atoms with E-state index in [4.69, 9.17) is 8.98 Å². The fourth-order valence-electron chi connectivity index (χ4n) is 3.75. The largest absolute Gasteiger partial charge is 0.414 e. The van der Waals surface area contributed by atoms with Gasteiger partial charge in [-0.3, -0.25) is 4.55 Å². The third kappa shape index (κ3) is 4.33. The van der Waals surface area contributed by atoms with Gasteiger partial charge in [0.05, 0.1) is 5.75 Å². The molecule has 0 saturated heterocycles. The normalized spacial score (nSPS) is 33.7. The lowest BCUT2D eigenvalue weighted by molar-refractivity contribution is -0.0529. The maximum atomic E-state index is 11.0. The van der Waals surface area contributed by atoms with Gasteiger partial charge in [0, 0.05) is 6.10 Å². The molecule has 0 radical (unpaired) electrons. The first-order valence-electron chi connectivity index (χ1n) is 8.45. The van der Waals surface area contributed by atoms with Crippen LogP contribution in [0.5, 0.6) is 0 Å². The van der Waals surface area contributed by atoms with Crippen LogP contribution < -0.4 is 0 Å². The van der Waals surface area contributed by atoms with Crippen molar-refractivity contribution in [3.63, 3.8) is 0 Å². The van der Waals surface area contributed by atoms with Gasteiger partial charge in [0.15, 0.2) is 8.32 Å². The summed E-state index contributed by atoms with van der Waals surface area (Å²) in [6.45, 7) is 11.4. The summed E-state index contributed by atoms with van der Waals surface area (Å²) in [6.07, 6.45) is 6.70. The summed E-state index contributed by atoms with van der Waals surface area (Å²) in [5.41, 5.74) is 0.392. The molecule has 0 aromatic heterocycles. The van der Waals surface area contributed by atoms with E-state index in [9.17, 15) is 8.42 Å². The fourth-order valence-corrected chi connectivity index (χ4v) is 6.03. The smallest absolute Gasteiger partial charge is 0.265 e. The van der Waals surface area contributed by atoms with E-state index in [2.05, 4.69) is 33.9 Å². The maximum absolute atomic E-state index is 11.0. The molecule has 2 aliphatic rings. The van der Waals surface area contributed by atoms with Crippen LogP contribution in [0.3, 0.4) is 0 Å². The first-order valence-corrected chi connectivity index (χ1v) is 13.0. The Morgan fingerprint density at radius 2 is 1.68 bits per heavy atom. The van der Waals surface area contributed by atoms with E-state index >= 15 is 0 Å². The molecule has 0 unspecified atom stereocenters. The van der Waals surface area contributed by atoms with Gasteiger partial charge in [0.2, 0.25) is 0 Å². The zero-order valence-electron chi connectivity index (χ0n) is 14.7. The molecule has 22 heavy (non-hydrogen) atoms. The fraction of sp³-hybridized carbons (Fsp3) is 1.00. The average Bonchev–Trinajstić information content (AvgIpc) is 2.26. The van der Waals surface area contributed by atoms with Crippen LogP contribution in [-0.4, -0.2) is 33.1 Å². The molecular formula is C16H32O4SSi. The summed E-state index contributed by atoms with van der Waals surface area (Å²) in [7, 11) is -5.50. The topological polar surface area (TPSA) is 63.6 Å². The van der Waals surface area contributed by atoms with Crippen molar-refractivity contribution in [2.75, 3.05) is 5.75 Å². The second-order valence-corrected chi connectivity index (χ2v) is 15.4. The highest BCUT2D eigenvalue weighted by atomic mass is 32.2. The summed E-state index contributed by atoms with van der Waals surface area (Å²) >= 11 is 0. The van der Waals surface area contributed by atoms with Gasteiger partial charge in [-0.05, 0) is 68.0 Å². The van der Waals surface area contributed by atoms with Crippen molar-refractivity contribution in [1.82, 2.24) is 0 Å². The summed E-state index contributed by atoms with van der Waals surface area (Å²) in [5.74, 6) is 0.0773. The first kappa shape index (κ1) is 18.4. The van der Waals surface area contributed by atoms with Crippen molar-refractivity contribution in [2.45, 2.75) is 83.5 Å². The van der Waals surface area contributed by atoms with Gasteiger partial charge in [-0.15, -0.1) is 0 Å². The zero-order chi connectivity index (χ0) is 16.8. The molecule has 4 nitrogen and oxygen atoms in total. The lowest BCUT2D eigenvalue weighted by Gasteiger charge is -2.54. The molecule has 1 spiro atoms. The Balaban J connectivity index is 1.80.